The Bertz CT molecular complexity index is 1780. The second-order valence-corrected chi connectivity index (χ2v) is 11.2. The molecule has 1 aliphatic heterocycles. The zero-order chi connectivity index (χ0) is 34.6. The van der Waals surface area contributed by atoms with Crippen LogP contribution in [0.15, 0.2) is 94.6 Å². The summed E-state index contributed by atoms with van der Waals surface area (Å²) in [5, 5.41) is 13.2. The molecule has 0 saturated carbocycles. The Morgan fingerprint density at radius 1 is 0.958 bits per heavy atom. The van der Waals surface area contributed by atoms with Crippen LogP contribution >= 0.6 is 0 Å². The number of nitrogens with one attached hydrogen (secondary N) is 2. The lowest BCUT2D eigenvalue weighted by Gasteiger charge is -2.41. The van der Waals surface area contributed by atoms with Gasteiger partial charge in [-0.2, -0.15) is 13.2 Å². The van der Waals surface area contributed by atoms with Crippen molar-refractivity contribution in [3.63, 3.8) is 0 Å². The van der Waals surface area contributed by atoms with Gasteiger partial charge in [0.05, 0.1) is 20.3 Å². The van der Waals surface area contributed by atoms with Crippen molar-refractivity contribution < 1.29 is 42.0 Å². The molecule has 1 aliphatic rings. The van der Waals surface area contributed by atoms with Gasteiger partial charge in [-0.15, -0.1) is 0 Å². The number of carbonyl (C=O) groups is 1. The van der Waals surface area contributed by atoms with Gasteiger partial charge in [0.15, 0.2) is 0 Å². The van der Waals surface area contributed by atoms with Crippen LogP contribution in [-0.2, 0) is 19.9 Å². The minimum Gasteiger partial charge on any atom is -0.497 e. The maximum Gasteiger partial charge on any atom is 0.471 e. The molecule has 4 aromatic rings. The highest BCUT2D eigenvalue weighted by atomic mass is 19.4. The Kier molecular flexibility index (Phi) is 10.1. The minimum absolute atomic E-state index is 0.174. The maximum atomic E-state index is 13.4. The molecular formula is C34H34F3N3O8. The van der Waals surface area contributed by atoms with Crippen molar-refractivity contribution in [2.75, 3.05) is 20.8 Å². The number of carbonyl (C=O) groups excluding carboxylic acids is 1. The lowest BCUT2D eigenvalue weighted by molar-refractivity contribution is -0.177. The number of aryl methyl sites for hydroxylation is 1. The molecule has 1 amide bonds. The van der Waals surface area contributed by atoms with Crippen molar-refractivity contribution in [3.8, 4) is 11.5 Å². The Morgan fingerprint density at radius 2 is 1.50 bits per heavy atom. The molecule has 5 rings (SSSR count). The van der Waals surface area contributed by atoms with Gasteiger partial charge in [0, 0.05) is 24.7 Å². The molecule has 1 aromatic heterocycles. The SMILES string of the molecule is COc1ccc(C(O[C@@H](CNC(=O)C(F)(F)F)[C@H]2O[C@@H](n3cc(C)c(=O)[nH]c3=O)C[C@@H]2O)(c2ccccc2)c2ccc(OC)cc2)cc1. The number of rotatable bonds is 11. The van der Waals surface area contributed by atoms with E-state index in [-0.39, 0.29) is 12.0 Å². The van der Waals surface area contributed by atoms with Gasteiger partial charge < -0.3 is 29.4 Å². The maximum absolute atomic E-state index is 13.4. The molecule has 0 radical (unpaired) electrons. The van der Waals surface area contributed by atoms with Crippen LogP contribution in [0.2, 0.25) is 0 Å². The van der Waals surface area contributed by atoms with Gasteiger partial charge in [0.1, 0.15) is 35.5 Å². The van der Waals surface area contributed by atoms with Crippen molar-refractivity contribution in [2.45, 2.75) is 49.7 Å². The fourth-order valence-electron chi connectivity index (χ4n) is 5.76. The van der Waals surface area contributed by atoms with Gasteiger partial charge in [-0.05, 0) is 47.9 Å². The van der Waals surface area contributed by atoms with Crippen LogP contribution in [0.25, 0.3) is 0 Å². The third kappa shape index (κ3) is 7.00. The summed E-state index contributed by atoms with van der Waals surface area (Å²) in [6, 6.07) is 22.6. The van der Waals surface area contributed by atoms with Crippen LogP contribution in [0.1, 0.15) is 34.9 Å². The van der Waals surface area contributed by atoms with Crippen LogP contribution in [0.3, 0.4) is 0 Å². The van der Waals surface area contributed by atoms with E-state index in [1.165, 1.54) is 27.3 Å². The summed E-state index contributed by atoms with van der Waals surface area (Å²) in [6.45, 7) is 0.737. The van der Waals surface area contributed by atoms with E-state index >= 15 is 0 Å². The molecule has 1 fully saturated rings. The summed E-state index contributed by atoms with van der Waals surface area (Å²) in [7, 11) is 3.01. The molecular weight excluding hydrogens is 635 g/mol. The smallest absolute Gasteiger partial charge is 0.471 e. The predicted octanol–water partition coefficient (Wildman–Crippen LogP) is 3.57. The van der Waals surface area contributed by atoms with E-state index in [1.807, 2.05) is 5.32 Å². The number of H-pyrrole nitrogens is 1. The Labute approximate surface area is 272 Å². The molecule has 11 nitrogen and oxygen atoms in total. The first-order chi connectivity index (χ1) is 22.9. The van der Waals surface area contributed by atoms with Crippen LogP contribution < -0.4 is 26.0 Å². The van der Waals surface area contributed by atoms with E-state index in [4.69, 9.17) is 18.9 Å². The van der Waals surface area contributed by atoms with E-state index < -0.39 is 60.0 Å². The number of benzene rings is 3. The highest BCUT2D eigenvalue weighted by Gasteiger charge is 2.48. The van der Waals surface area contributed by atoms with Crippen LogP contribution in [-0.4, -0.2) is 65.8 Å². The summed E-state index contributed by atoms with van der Waals surface area (Å²) in [5.41, 5.74) is -1.16. The molecule has 4 atom stereocenters. The second-order valence-electron chi connectivity index (χ2n) is 11.2. The van der Waals surface area contributed by atoms with Gasteiger partial charge >= 0.3 is 17.8 Å². The van der Waals surface area contributed by atoms with Crippen molar-refractivity contribution in [3.05, 3.63) is 128 Å². The van der Waals surface area contributed by atoms with E-state index in [9.17, 15) is 32.7 Å². The predicted molar refractivity (Wildman–Crippen MR) is 167 cm³/mol. The van der Waals surface area contributed by atoms with Gasteiger partial charge in [-0.1, -0.05) is 54.6 Å². The molecule has 0 unspecified atom stereocenters. The average Bonchev–Trinajstić information content (AvgIpc) is 3.47. The number of ether oxygens (including phenoxy) is 4. The number of aliphatic hydroxyl groups is 1. The highest BCUT2D eigenvalue weighted by molar-refractivity contribution is 5.81. The number of methoxy groups -OCH3 is 2. The normalized spacial score (nSPS) is 18.7. The monoisotopic (exact) mass is 669 g/mol. The largest absolute Gasteiger partial charge is 0.497 e. The first kappa shape index (κ1) is 34.4. The molecule has 0 bridgehead atoms. The van der Waals surface area contributed by atoms with Gasteiger partial charge in [0.25, 0.3) is 5.56 Å². The summed E-state index contributed by atoms with van der Waals surface area (Å²) >= 11 is 0. The Hall–Kier alpha value is -4.92. The standard InChI is InChI=1S/C34H34F3N3O8/c1-20-19-40(32(44)39-30(20)42)28-17-26(41)29(47-28)27(18-38-31(43)34(35,36)37)48-33(21-7-5-4-6-8-21,22-9-13-24(45-2)14-10-22)23-11-15-25(46-3)16-12-23/h4-16,19,26-29,41H,17-18H2,1-3H3,(H,38,43)(H,39,42,44)/t26-,27-,28+,29-/m0/s1. The third-order valence-corrected chi connectivity index (χ3v) is 8.18. The molecule has 254 valence electrons. The topological polar surface area (TPSA) is 141 Å². The van der Waals surface area contributed by atoms with Crippen molar-refractivity contribution in [1.29, 1.82) is 0 Å². The Morgan fingerprint density at radius 3 is 2.02 bits per heavy atom. The van der Waals surface area contributed by atoms with E-state index in [0.717, 1.165) is 4.57 Å². The van der Waals surface area contributed by atoms with E-state index in [0.29, 0.717) is 28.2 Å². The molecule has 0 aliphatic carbocycles. The van der Waals surface area contributed by atoms with E-state index in [2.05, 4.69) is 4.98 Å². The molecule has 3 aromatic carbocycles. The van der Waals surface area contributed by atoms with Gasteiger partial charge in [-0.3, -0.25) is 19.1 Å². The number of aliphatic hydroxyl groups excluding tert-OH is 1. The molecule has 3 N–H and O–H groups in total. The van der Waals surface area contributed by atoms with Crippen LogP contribution in [0.5, 0.6) is 11.5 Å². The number of hydrogen-bond acceptors (Lipinski definition) is 8. The fraction of sp³-hybridized carbons (Fsp3) is 0.324. The molecule has 2 heterocycles. The number of aromatic nitrogens is 2. The zero-order valence-corrected chi connectivity index (χ0v) is 26.2. The summed E-state index contributed by atoms with van der Waals surface area (Å²) in [5.74, 6) is -1.15. The zero-order valence-electron chi connectivity index (χ0n) is 26.2. The summed E-state index contributed by atoms with van der Waals surface area (Å²) < 4.78 is 65.1. The van der Waals surface area contributed by atoms with Crippen LogP contribution in [0, 0.1) is 6.92 Å². The van der Waals surface area contributed by atoms with Crippen LogP contribution in [0.4, 0.5) is 13.2 Å². The van der Waals surface area contributed by atoms with Crippen molar-refractivity contribution >= 4 is 5.91 Å². The lowest BCUT2D eigenvalue weighted by Crippen LogP contribution is -2.51. The molecule has 14 heteroatoms. The number of aromatic amines is 1. The van der Waals surface area contributed by atoms with Crippen molar-refractivity contribution in [1.82, 2.24) is 14.9 Å². The number of amides is 1. The molecule has 1 saturated heterocycles. The first-order valence-corrected chi connectivity index (χ1v) is 14.9. The summed E-state index contributed by atoms with van der Waals surface area (Å²) in [6.07, 6.45) is -9.40. The second kappa shape index (κ2) is 14.1. The fourth-order valence-corrected chi connectivity index (χ4v) is 5.76. The number of halogens is 3. The average molecular weight is 670 g/mol. The Balaban J connectivity index is 1.67. The number of alkyl halides is 3. The number of hydrogen-bond donors (Lipinski definition) is 3. The van der Waals surface area contributed by atoms with Crippen molar-refractivity contribution in [2.24, 2.45) is 0 Å². The van der Waals surface area contributed by atoms with E-state index in [1.54, 1.807) is 78.9 Å². The minimum atomic E-state index is -5.20. The first-order valence-electron chi connectivity index (χ1n) is 14.9. The lowest BCUT2D eigenvalue weighted by atomic mass is 9.79. The molecule has 0 spiro atoms. The highest BCUT2D eigenvalue weighted by Crippen LogP contribution is 2.44. The number of nitrogens with zero attached hydrogens (tertiary/aromatic N) is 1. The summed E-state index contributed by atoms with van der Waals surface area (Å²) in [4.78, 5) is 38.9. The third-order valence-electron chi connectivity index (χ3n) is 8.18. The molecule has 48 heavy (non-hydrogen) atoms. The quantitative estimate of drug-likeness (QED) is 0.206. The van der Waals surface area contributed by atoms with Gasteiger partial charge in [-0.25, -0.2) is 4.79 Å². The van der Waals surface area contributed by atoms with Gasteiger partial charge in [0.2, 0.25) is 0 Å².